The van der Waals surface area contributed by atoms with Crippen molar-refractivity contribution in [2.75, 3.05) is 18.6 Å². The van der Waals surface area contributed by atoms with Gasteiger partial charge in [-0.2, -0.15) is 4.98 Å². The number of carbonyl (C=O) groups is 1. The van der Waals surface area contributed by atoms with Crippen molar-refractivity contribution in [3.8, 4) is 6.01 Å². The third kappa shape index (κ3) is 2.89. The summed E-state index contributed by atoms with van der Waals surface area (Å²) in [5.74, 6) is -0.434. The second-order valence-electron chi connectivity index (χ2n) is 4.63. The predicted molar refractivity (Wildman–Crippen MR) is 70.8 cm³/mol. The van der Waals surface area contributed by atoms with Gasteiger partial charge in [0, 0.05) is 12.6 Å². The van der Waals surface area contributed by atoms with Gasteiger partial charge < -0.3 is 14.7 Å². The van der Waals surface area contributed by atoms with E-state index in [1.54, 1.807) is 0 Å². The third-order valence-electron chi connectivity index (χ3n) is 3.38. The first kappa shape index (κ1) is 13.9. The van der Waals surface area contributed by atoms with Crippen LogP contribution in [0.1, 0.15) is 19.8 Å². The van der Waals surface area contributed by atoms with E-state index in [1.165, 1.54) is 13.3 Å². The van der Waals surface area contributed by atoms with Crippen molar-refractivity contribution >= 4 is 23.4 Å². The zero-order chi connectivity index (χ0) is 14.0. The number of halogens is 1. The highest BCUT2D eigenvalue weighted by molar-refractivity contribution is 6.32. The summed E-state index contributed by atoms with van der Waals surface area (Å²) in [6.07, 6.45) is 2.67. The zero-order valence-corrected chi connectivity index (χ0v) is 11.6. The van der Waals surface area contributed by atoms with E-state index in [4.69, 9.17) is 21.4 Å². The Kier molecular flexibility index (Phi) is 4.09. The molecule has 0 bridgehead atoms. The maximum absolute atomic E-state index is 11.0. The molecule has 1 aliphatic heterocycles. The monoisotopic (exact) mass is 285 g/mol. The molecule has 1 aromatic heterocycles. The molecule has 0 aliphatic carbocycles. The lowest BCUT2D eigenvalue weighted by Crippen LogP contribution is -2.43. The number of rotatable bonds is 3. The molecule has 0 radical (unpaired) electrons. The third-order valence-corrected chi connectivity index (χ3v) is 3.65. The molecule has 0 saturated carbocycles. The Hall–Kier alpha value is -1.56. The topological polar surface area (TPSA) is 75.5 Å². The maximum atomic E-state index is 11.0. The number of aliphatic carboxylic acids is 1. The Morgan fingerprint density at radius 3 is 2.95 bits per heavy atom. The Morgan fingerprint density at radius 1 is 1.63 bits per heavy atom. The summed E-state index contributed by atoms with van der Waals surface area (Å²) in [6.45, 7) is 2.58. The van der Waals surface area contributed by atoms with Crippen molar-refractivity contribution in [3.63, 3.8) is 0 Å². The molecule has 0 amide bonds. The van der Waals surface area contributed by atoms with Gasteiger partial charge in [-0.3, -0.25) is 4.79 Å². The maximum Gasteiger partial charge on any atom is 0.318 e. The zero-order valence-electron chi connectivity index (χ0n) is 10.8. The molecule has 1 N–H and O–H groups in total. The van der Waals surface area contributed by atoms with E-state index in [-0.39, 0.29) is 18.0 Å². The van der Waals surface area contributed by atoms with Crippen LogP contribution < -0.4 is 9.64 Å². The molecule has 1 saturated heterocycles. The van der Waals surface area contributed by atoms with E-state index >= 15 is 0 Å². The van der Waals surface area contributed by atoms with Crippen LogP contribution in [0.2, 0.25) is 5.02 Å². The Bertz CT molecular complexity index is 483. The van der Waals surface area contributed by atoms with E-state index in [2.05, 4.69) is 9.97 Å². The van der Waals surface area contributed by atoms with Gasteiger partial charge in [0.2, 0.25) is 0 Å². The lowest BCUT2D eigenvalue weighted by Gasteiger charge is -2.37. The molecule has 1 aromatic rings. The molecule has 0 aromatic carbocycles. The van der Waals surface area contributed by atoms with Crippen LogP contribution in [0.4, 0.5) is 5.82 Å². The molecule has 1 aliphatic rings. The van der Waals surface area contributed by atoms with Gasteiger partial charge in [-0.15, -0.1) is 0 Å². The van der Waals surface area contributed by atoms with Gasteiger partial charge in [0.15, 0.2) is 5.82 Å². The van der Waals surface area contributed by atoms with Gasteiger partial charge >= 0.3 is 12.0 Å². The summed E-state index contributed by atoms with van der Waals surface area (Å²) in [6, 6.07) is 0.318. The number of anilines is 1. The Balaban J connectivity index is 2.21. The number of hydrogen-bond acceptors (Lipinski definition) is 5. The summed E-state index contributed by atoms with van der Waals surface area (Å²) >= 11 is 6.11. The highest BCUT2D eigenvalue weighted by atomic mass is 35.5. The average Bonchev–Trinajstić information content (AvgIpc) is 2.39. The smallest absolute Gasteiger partial charge is 0.318 e. The minimum atomic E-state index is -0.738. The fourth-order valence-electron chi connectivity index (χ4n) is 2.35. The van der Waals surface area contributed by atoms with Crippen LogP contribution in [-0.2, 0) is 4.79 Å². The number of hydrogen-bond donors (Lipinski definition) is 1. The molecular formula is C12H16ClN3O3. The lowest BCUT2D eigenvalue weighted by molar-refractivity contribution is -0.142. The van der Waals surface area contributed by atoms with Gasteiger partial charge in [-0.25, -0.2) is 4.98 Å². The highest BCUT2D eigenvalue weighted by Crippen LogP contribution is 2.32. The van der Waals surface area contributed by atoms with Gasteiger partial charge in [0.25, 0.3) is 0 Å². The van der Waals surface area contributed by atoms with Crippen molar-refractivity contribution in [1.82, 2.24) is 9.97 Å². The van der Waals surface area contributed by atoms with E-state index in [9.17, 15) is 4.79 Å². The van der Waals surface area contributed by atoms with E-state index in [0.717, 1.165) is 0 Å². The molecule has 7 heteroatoms. The molecule has 104 valence electrons. The summed E-state index contributed by atoms with van der Waals surface area (Å²) in [5, 5.41) is 9.51. The Morgan fingerprint density at radius 2 is 2.37 bits per heavy atom. The fraction of sp³-hybridized carbons (Fsp3) is 0.583. The number of carboxylic acid groups (broad SMARTS) is 1. The van der Waals surface area contributed by atoms with Gasteiger partial charge in [-0.1, -0.05) is 11.6 Å². The van der Waals surface area contributed by atoms with Gasteiger partial charge in [0.05, 0.1) is 19.2 Å². The number of piperidine rings is 1. The molecule has 6 nitrogen and oxygen atoms in total. The Labute approximate surface area is 116 Å². The van der Waals surface area contributed by atoms with Crippen LogP contribution in [0.3, 0.4) is 0 Å². The predicted octanol–water partition coefficient (Wildman–Crippen LogP) is 1.83. The summed E-state index contributed by atoms with van der Waals surface area (Å²) in [4.78, 5) is 21.2. The van der Waals surface area contributed by atoms with E-state index in [1.807, 2.05) is 11.8 Å². The quantitative estimate of drug-likeness (QED) is 0.913. The minimum absolute atomic E-state index is 0.0620. The van der Waals surface area contributed by atoms with Crippen LogP contribution in [0, 0.1) is 5.92 Å². The molecule has 2 unspecified atom stereocenters. The summed E-state index contributed by atoms with van der Waals surface area (Å²) in [5.41, 5.74) is 0. The van der Waals surface area contributed by atoms with Gasteiger partial charge in [0.1, 0.15) is 5.02 Å². The number of methoxy groups -OCH3 is 1. The second-order valence-corrected chi connectivity index (χ2v) is 5.04. The van der Waals surface area contributed by atoms with Crippen LogP contribution in [0.15, 0.2) is 6.20 Å². The van der Waals surface area contributed by atoms with Crippen LogP contribution in [-0.4, -0.2) is 40.7 Å². The standard InChI is InChI=1S/C12H16ClN3O3/c1-7-5-8(11(17)18)3-4-16(7)10-9(13)6-14-12(15-10)19-2/h6-8H,3-5H2,1-2H3,(H,17,18). The number of carboxylic acids is 1. The van der Waals surface area contributed by atoms with Crippen LogP contribution in [0.25, 0.3) is 0 Å². The molecule has 2 heterocycles. The number of nitrogens with zero attached hydrogens (tertiary/aromatic N) is 3. The van der Waals surface area contributed by atoms with Crippen molar-refractivity contribution in [3.05, 3.63) is 11.2 Å². The van der Waals surface area contributed by atoms with Crippen molar-refractivity contribution in [2.24, 2.45) is 5.92 Å². The SMILES string of the molecule is COc1ncc(Cl)c(N2CCC(C(=O)O)CC2C)n1. The van der Waals surface area contributed by atoms with Crippen molar-refractivity contribution in [2.45, 2.75) is 25.8 Å². The van der Waals surface area contributed by atoms with Crippen molar-refractivity contribution < 1.29 is 14.6 Å². The van der Waals surface area contributed by atoms with Crippen molar-refractivity contribution in [1.29, 1.82) is 0 Å². The highest BCUT2D eigenvalue weighted by Gasteiger charge is 2.31. The average molecular weight is 286 g/mol. The normalized spacial score (nSPS) is 23.2. The van der Waals surface area contributed by atoms with E-state index < -0.39 is 5.97 Å². The fourth-order valence-corrected chi connectivity index (χ4v) is 2.55. The molecule has 1 fully saturated rings. The number of ether oxygens (including phenoxy) is 1. The van der Waals surface area contributed by atoms with Gasteiger partial charge in [-0.05, 0) is 19.8 Å². The number of aromatic nitrogens is 2. The molecule has 0 spiro atoms. The second kappa shape index (κ2) is 5.61. The molecular weight excluding hydrogens is 270 g/mol. The molecule has 19 heavy (non-hydrogen) atoms. The van der Waals surface area contributed by atoms with Crippen LogP contribution in [0.5, 0.6) is 6.01 Å². The summed E-state index contributed by atoms with van der Waals surface area (Å²) < 4.78 is 4.99. The molecule has 2 atom stereocenters. The first-order chi connectivity index (χ1) is 9.02. The first-order valence-electron chi connectivity index (χ1n) is 6.09. The molecule has 2 rings (SSSR count). The largest absolute Gasteiger partial charge is 0.481 e. The first-order valence-corrected chi connectivity index (χ1v) is 6.46. The van der Waals surface area contributed by atoms with Crippen LogP contribution >= 0.6 is 11.6 Å². The van der Waals surface area contributed by atoms with E-state index in [0.29, 0.717) is 30.2 Å². The lowest BCUT2D eigenvalue weighted by atomic mass is 9.92. The summed E-state index contributed by atoms with van der Waals surface area (Å²) in [7, 11) is 1.49. The minimum Gasteiger partial charge on any atom is -0.481 e.